The molecule has 0 aliphatic rings. The number of carbonyl (C=O) groups is 1. The fraction of sp³-hybridized carbons (Fsp3) is 0.174. The van der Waals surface area contributed by atoms with Gasteiger partial charge in [-0.25, -0.2) is 0 Å². The molecule has 0 saturated carbocycles. The summed E-state index contributed by atoms with van der Waals surface area (Å²) in [5.74, 6) is -0.220. The normalized spacial score (nSPS) is 11.2. The molecule has 136 valence electrons. The van der Waals surface area contributed by atoms with E-state index in [2.05, 4.69) is 28.8 Å². The van der Waals surface area contributed by atoms with E-state index in [4.69, 9.17) is 4.74 Å². The highest BCUT2D eigenvalue weighted by Crippen LogP contribution is 2.40. The third kappa shape index (κ3) is 2.93. The van der Waals surface area contributed by atoms with Gasteiger partial charge >= 0.3 is 5.97 Å². The Hall–Kier alpha value is -3.27. The molecule has 0 saturated heterocycles. The molecular formula is C23H21NO3. The second kappa shape index (κ2) is 6.80. The molecule has 27 heavy (non-hydrogen) atoms. The van der Waals surface area contributed by atoms with Crippen LogP contribution in [0.3, 0.4) is 0 Å². The first kappa shape index (κ1) is 17.2. The Morgan fingerprint density at radius 2 is 1.78 bits per heavy atom. The van der Waals surface area contributed by atoms with Crippen LogP contribution >= 0.6 is 0 Å². The predicted molar refractivity (Wildman–Crippen MR) is 108 cm³/mol. The van der Waals surface area contributed by atoms with Crippen molar-refractivity contribution >= 4 is 27.8 Å². The van der Waals surface area contributed by atoms with Crippen molar-refractivity contribution < 1.29 is 14.6 Å². The van der Waals surface area contributed by atoms with E-state index >= 15 is 0 Å². The lowest BCUT2D eigenvalue weighted by Crippen LogP contribution is -2.06. The molecule has 1 N–H and O–H groups in total. The van der Waals surface area contributed by atoms with Crippen LogP contribution in [0.15, 0.2) is 60.7 Å². The Morgan fingerprint density at radius 1 is 1.07 bits per heavy atom. The van der Waals surface area contributed by atoms with E-state index < -0.39 is 5.97 Å². The van der Waals surface area contributed by atoms with Crippen molar-refractivity contribution in [1.82, 2.24) is 4.57 Å². The van der Waals surface area contributed by atoms with Crippen molar-refractivity contribution in [3.63, 3.8) is 0 Å². The summed E-state index contributed by atoms with van der Waals surface area (Å²) in [5.41, 5.74) is 5.02. The van der Waals surface area contributed by atoms with Gasteiger partial charge in [-0.05, 0) is 24.1 Å². The van der Waals surface area contributed by atoms with Gasteiger partial charge in [-0.1, -0.05) is 54.6 Å². The number of carboxylic acids is 1. The maximum absolute atomic E-state index is 11.4. The molecule has 4 aromatic rings. The number of para-hydroxylation sites is 1. The number of rotatable bonds is 5. The summed E-state index contributed by atoms with van der Waals surface area (Å²) in [7, 11) is 1.61. The zero-order valence-corrected chi connectivity index (χ0v) is 15.4. The minimum Gasteiger partial charge on any atom is -0.494 e. The number of fused-ring (bicyclic) bond motifs is 3. The van der Waals surface area contributed by atoms with Crippen LogP contribution < -0.4 is 4.74 Å². The molecule has 0 aliphatic heterocycles. The molecule has 0 radical (unpaired) electrons. The first-order chi connectivity index (χ1) is 13.1. The molecule has 0 unspecified atom stereocenters. The van der Waals surface area contributed by atoms with Crippen molar-refractivity contribution in [3.8, 4) is 5.75 Å². The molecule has 4 heteroatoms. The van der Waals surface area contributed by atoms with Crippen LogP contribution in [0.1, 0.15) is 16.7 Å². The van der Waals surface area contributed by atoms with Crippen molar-refractivity contribution in [3.05, 3.63) is 77.4 Å². The second-order valence-corrected chi connectivity index (χ2v) is 6.77. The number of nitrogens with zero attached hydrogens (tertiary/aromatic N) is 1. The number of benzene rings is 3. The highest BCUT2D eigenvalue weighted by atomic mass is 16.5. The molecule has 4 nitrogen and oxygen atoms in total. The van der Waals surface area contributed by atoms with Gasteiger partial charge in [0.25, 0.3) is 0 Å². The third-order valence-corrected chi connectivity index (χ3v) is 4.99. The van der Waals surface area contributed by atoms with Gasteiger partial charge in [-0.2, -0.15) is 0 Å². The van der Waals surface area contributed by atoms with Crippen LogP contribution in [0.4, 0.5) is 0 Å². The molecule has 0 atom stereocenters. The second-order valence-electron chi connectivity index (χ2n) is 6.77. The number of hydrogen-bond acceptors (Lipinski definition) is 2. The van der Waals surface area contributed by atoms with Crippen LogP contribution in [0, 0.1) is 6.92 Å². The lowest BCUT2D eigenvalue weighted by molar-refractivity contribution is -0.136. The molecular weight excluding hydrogens is 338 g/mol. The Balaban J connectivity index is 2.09. The van der Waals surface area contributed by atoms with E-state index in [0.29, 0.717) is 17.9 Å². The summed E-state index contributed by atoms with van der Waals surface area (Å²) < 4.78 is 7.97. The number of aryl methyl sites for hydroxylation is 1. The van der Waals surface area contributed by atoms with E-state index in [1.807, 2.05) is 43.3 Å². The monoisotopic (exact) mass is 359 g/mol. The first-order valence-corrected chi connectivity index (χ1v) is 8.93. The molecule has 3 aromatic carbocycles. The van der Waals surface area contributed by atoms with Gasteiger partial charge in [0.15, 0.2) is 0 Å². The topological polar surface area (TPSA) is 51.5 Å². The summed E-state index contributed by atoms with van der Waals surface area (Å²) >= 11 is 0. The number of aliphatic carboxylic acids is 1. The molecule has 0 fully saturated rings. The highest BCUT2D eigenvalue weighted by Gasteiger charge is 2.21. The molecule has 1 aromatic heterocycles. The van der Waals surface area contributed by atoms with Crippen molar-refractivity contribution in [2.75, 3.05) is 7.11 Å². The fourth-order valence-corrected chi connectivity index (χ4v) is 3.94. The Kier molecular flexibility index (Phi) is 4.32. The summed E-state index contributed by atoms with van der Waals surface area (Å²) in [6, 6.07) is 20.5. The quantitative estimate of drug-likeness (QED) is 0.557. The van der Waals surface area contributed by atoms with Crippen LogP contribution in [0.5, 0.6) is 5.75 Å². The molecule has 1 heterocycles. The number of aromatic nitrogens is 1. The predicted octanol–water partition coefficient (Wildman–Crippen LogP) is 4.79. The zero-order valence-electron chi connectivity index (χ0n) is 15.4. The maximum Gasteiger partial charge on any atom is 0.307 e. The summed E-state index contributed by atoms with van der Waals surface area (Å²) in [5, 5.41) is 11.6. The molecule has 0 amide bonds. The van der Waals surface area contributed by atoms with E-state index in [1.165, 1.54) is 5.56 Å². The van der Waals surface area contributed by atoms with Gasteiger partial charge < -0.3 is 14.4 Å². The van der Waals surface area contributed by atoms with Crippen LogP contribution in [-0.2, 0) is 17.8 Å². The van der Waals surface area contributed by atoms with E-state index in [-0.39, 0.29) is 6.42 Å². The van der Waals surface area contributed by atoms with Gasteiger partial charge in [0.1, 0.15) is 5.75 Å². The maximum atomic E-state index is 11.4. The van der Waals surface area contributed by atoms with E-state index in [0.717, 1.165) is 27.4 Å². The summed E-state index contributed by atoms with van der Waals surface area (Å²) in [6.07, 6.45) is -0.0627. The van der Waals surface area contributed by atoms with E-state index in [1.54, 1.807) is 7.11 Å². The number of ether oxygens (including phenoxy) is 1. The molecule has 4 rings (SSSR count). The van der Waals surface area contributed by atoms with E-state index in [9.17, 15) is 9.90 Å². The lowest BCUT2D eigenvalue weighted by atomic mass is 10.0. The lowest BCUT2D eigenvalue weighted by Gasteiger charge is -2.14. The number of methoxy groups -OCH3 is 1. The van der Waals surface area contributed by atoms with Gasteiger partial charge in [0, 0.05) is 28.4 Å². The average molecular weight is 359 g/mol. The van der Waals surface area contributed by atoms with Crippen LogP contribution in [0.25, 0.3) is 21.8 Å². The molecule has 0 aliphatic carbocycles. The van der Waals surface area contributed by atoms with Gasteiger partial charge in [-0.3, -0.25) is 4.79 Å². The number of hydrogen-bond donors (Lipinski definition) is 1. The smallest absolute Gasteiger partial charge is 0.307 e. The largest absolute Gasteiger partial charge is 0.494 e. The third-order valence-electron chi connectivity index (χ3n) is 4.99. The van der Waals surface area contributed by atoms with Crippen LogP contribution in [-0.4, -0.2) is 22.8 Å². The minimum atomic E-state index is -0.863. The Morgan fingerprint density at radius 3 is 2.48 bits per heavy atom. The fourth-order valence-electron chi connectivity index (χ4n) is 3.94. The van der Waals surface area contributed by atoms with Gasteiger partial charge in [0.2, 0.25) is 0 Å². The van der Waals surface area contributed by atoms with Crippen LogP contribution in [0.2, 0.25) is 0 Å². The first-order valence-electron chi connectivity index (χ1n) is 8.93. The zero-order chi connectivity index (χ0) is 19.0. The van der Waals surface area contributed by atoms with Crippen molar-refractivity contribution in [2.24, 2.45) is 0 Å². The standard InChI is InChI=1S/C23H21NO3/c1-15-12-17(13-20(25)26)23(27-2)22-21(15)18-10-6-7-11-19(18)24(22)14-16-8-4-3-5-9-16/h3-12H,13-14H2,1-2H3,(H,25,26). The van der Waals surface area contributed by atoms with Crippen molar-refractivity contribution in [2.45, 2.75) is 19.9 Å². The summed E-state index contributed by atoms with van der Waals surface area (Å²) in [6.45, 7) is 2.73. The minimum absolute atomic E-state index is 0.0627. The highest BCUT2D eigenvalue weighted by molar-refractivity contribution is 6.12. The molecule has 0 bridgehead atoms. The SMILES string of the molecule is COc1c(CC(=O)O)cc(C)c2c3ccccc3n(Cc3ccccc3)c12. The van der Waals surface area contributed by atoms with Crippen molar-refractivity contribution in [1.29, 1.82) is 0 Å². The Bertz CT molecular complexity index is 1140. The Labute approximate surface area is 157 Å². The summed E-state index contributed by atoms with van der Waals surface area (Å²) in [4.78, 5) is 11.4. The molecule has 0 spiro atoms. The van der Waals surface area contributed by atoms with Gasteiger partial charge in [0.05, 0.1) is 19.0 Å². The number of carboxylic acid groups (broad SMARTS) is 1. The average Bonchev–Trinajstić information content (AvgIpc) is 2.98. The van der Waals surface area contributed by atoms with Gasteiger partial charge in [-0.15, -0.1) is 0 Å².